The molecule has 0 radical (unpaired) electrons. The first kappa shape index (κ1) is 17.4. The second-order valence-corrected chi connectivity index (χ2v) is 5.46. The third kappa shape index (κ3) is 2.69. The quantitative estimate of drug-likeness (QED) is 0.506. The third-order valence-corrected chi connectivity index (χ3v) is 3.87. The monoisotopic (exact) mass is 365 g/mol. The van der Waals surface area contributed by atoms with Gasteiger partial charge in [0.2, 0.25) is 5.95 Å². The van der Waals surface area contributed by atoms with Gasteiger partial charge in [-0.1, -0.05) is 0 Å². The number of rotatable bonds is 4. The molecule has 0 aliphatic carbocycles. The van der Waals surface area contributed by atoms with Crippen LogP contribution in [0.5, 0.6) is 0 Å². The zero-order valence-electron chi connectivity index (χ0n) is 12.5. The van der Waals surface area contributed by atoms with Crippen LogP contribution >= 0.6 is 0 Å². The summed E-state index contributed by atoms with van der Waals surface area (Å²) < 4.78 is 45.6. The zero-order valence-corrected chi connectivity index (χ0v) is 12.5. The Balaban J connectivity index is 2.27. The summed E-state index contributed by atoms with van der Waals surface area (Å²) in [7, 11) is 0. The lowest BCUT2D eigenvalue weighted by Gasteiger charge is -2.15. The summed E-state index contributed by atoms with van der Waals surface area (Å²) in [5.74, 6) is -0.413. The molecule has 2 aromatic rings. The molecular weight excluding hydrogens is 351 g/mol. The van der Waals surface area contributed by atoms with Gasteiger partial charge in [0.1, 0.15) is 12.2 Å². The van der Waals surface area contributed by atoms with Gasteiger partial charge < -0.3 is 20.7 Å². The summed E-state index contributed by atoms with van der Waals surface area (Å²) >= 11 is 0. The van der Waals surface area contributed by atoms with Crippen molar-refractivity contribution in [1.82, 2.24) is 19.1 Å². The average molecular weight is 365 g/mol. The van der Waals surface area contributed by atoms with E-state index in [-0.39, 0.29) is 0 Å². The lowest BCUT2D eigenvalue weighted by Crippen LogP contribution is -2.35. The highest BCUT2D eigenvalue weighted by Gasteiger charge is 2.46. The molecule has 0 spiro atoms. The Morgan fingerprint density at radius 3 is 2.64 bits per heavy atom. The van der Waals surface area contributed by atoms with Crippen LogP contribution in [0.15, 0.2) is 9.59 Å². The fourth-order valence-corrected chi connectivity index (χ4v) is 2.81. The minimum atomic E-state index is -2.97. The van der Waals surface area contributed by atoms with Crippen molar-refractivity contribution in [3.8, 4) is 0 Å². The molecule has 1 aliphatic rings. The molecule has 0 unspecified atom stereocenters. The van der Waals surface area contributed by atoms with Crippen molar-refractivity contribution in [3.63, 3.8) is 0 Å². The molecule has 1 fully saturated rings. The van der Waals surface area contributed by atoms with Crippen LogP contribution in [0, 0.1) is 0 Å². The van der Waals surface area contributed by atoms with Gasteiger partial charge in [-0.15, -0.1) is 0 Å². The largest absolute Gasteiger partial charge is 0.394 e. The van der Waals surface area contributed by atoms with Crippen molar-refractivity contribution in [2.45, 2.75) is 37.6 Å². The summed E-state index contributed by atoms with van der Waals surface area (Å²) in [6, 6.07) is 0. The van der Waals surface area contributed by atoms with Crippen LogP contribution in [0.3, 0.4) is 0 Å². The van der Waals surface area contributed by atoms with E-state index in [9.17, 15) is 27.9 Å². The number of aromatic nitrogens is 4. The SMILES string of the molecule is Nc1nc2c(c(=O)[nH]1)n(CC(F)F)c(=O)n2[C@@H]1O[C@H](CO)[C@@H](F)[C@H]1O. The first-order valence-corrected chi connectivity index (χ1v) is 7.13. The number of hydrogen-bond donors (Lipinski definition) is 4. The van der Waals surface area contributed by atoms with E-state index in [1.807, 2.05) is 0 Å². The molecule has 25 heavy (non-hydrogen) atoms. The maximum absolute atomic E-state index is 13.9. The molecule has 0 aromatic carbocycles. The number of halogens is 3. The van der Waals surface area contributed by atoms with E-state index in [1.165, 1.54) is 0 Å². The molecule has 1 saturated heterocycles. The lowest BCUT2D eigenvalue weighted by atomic mass is 10.1. The zero-order chi connectivity index (χ0) is 18.5. The van der Waals surface area contributed by atoms with Crippen molar-refractivity contribution >= 4 is 17.1 Å². The number of hydrogen-bond acceptors (Lipinski definition) is 7. The highest BCUT2D eigenvalue weighted by atomic mass is 19.3. The number of H-pyrrole nitrogens is 1. The Labute approximate surface area is 136 Å². The number of anilines is 1. The summed E-state index contributed by atoms with van der Waals surface area (Å²) in [4.78, 5) is 30.3. The fraction of sp³-hybridized carbons (Fsp3) is 0.583. The third-order valence-electron chi connectivity index (χ3n) is 3.87. The average Bonchev–Trinajstić information content (AvgIpc) is 2.95. The van der Waals surface area contributed by atoms with Crippen LogP contribution in [-0.2, 0) is 11.3 Å². The first-order chi connectivity index (χ1) is 11.8. The van der Waals surface area contributed by atoms with Crippen LogP contribution in [0.25, 0.3) is 11.2 Å². The molecule has 0 amide bonds. The number of imidazole rings is 1. The van der Waals surface area contributed by atoms with E-state index < -0.39 is 72.5 Å². The summed E-state index contributed by atoms with van der Waals surface area (Å²) in [5.41, 5.74) is 2.34. The minimum Gasteiger partial charge on any atom is -0.394 e. The molecule has 4 atom stereocenters. The van der Waals surface area contributed by atoms with Gasteiger partial charge in [0, 0.05) is 0 Å². The van der Waals surface area contributed by atoms with Gasteiger partial charge in [0.05, 0.1) is 13.2 Å². The maximum Gasteiger partial charge on any atom is 0.332 e. The van der Waals surface area contributed by atoms with E-state index in [2.05, 4.69) is 9.97 Å². The van der Waals surface area contributed by atoms with Crippen LogP contribution in [0.1, 0.15) is 6.23 Å². The number of aliphatic hydroxyl groups is 2. The highest BCUT2D eigenvalue weighted by molar-refractivity contribution is 5.71. The van der Waals surface area contributed by atoms with Crippen molar-refractivity contribution in [1.29, 1.82) is 0 Å². The fourth-order valence-electron chi connectivity index (χ4n) is 2.81. The molecule has 0 saturated carbocycles. The molecule has 0 bridgehead atoms. The standard InChI is InChI=1S/C12H14F3N5O5/c13-4(14)1-19-6-8(17-11(16)18-9(6)23)20(12(19)24)10-7(22)5(15)3(2-21)25-10/h3-5,7,10,21-22H,1-2H2,(H3,16,17,18,23)/t3-,5-,7-,10-/m1/s1. The second kappa shape index (κ2) is 6.16. The summed E-state index contributed by atoms with van der Waals surface area (Å²) in [6.07, 6.45) is -9.99. The topological polar surface area (TPSA) is 148 Å². The Kier molecular flexibility index (Phi) is 4.30. The van der Waals surface area contributed by atoms with Gasteiger partial charge >= 0.3 is 5.69 Å². The number of alkyl halides is 3. The molecule has 3 rings (SSSR count). The normalized spacial score (nSPS) is 26.8. The van der Waals surface area contributed by atoms with Crippen molar-refractivity contribution in [2.24, 2.45) is 0 Å². The molecule has 5 N–H and O–H groups in total. The molecule has 2 aromatic heterocycles. The lowest BCUT2D eigenvalue weighted by molar-refractivity contribution is -0.0515. The molecule has 13 heteroatoms. The predicted molar refractivity (Wildman–Crippen MR) is 76.9 cm³/mol. The number of fused-ring (bicyclic) bond motifs is 1. The van der Waals surface area contributed by atoms with E-state index in [0.29, 0.717) is 9.13 Å². The molecule has 138 valence electrons. The van der Waals surface area contributed by atoms with Gasteiger partial charge in [-0.25, -0.2) is 22.5 Å². The Morgan fingerprint density at radius 2 is 2.08 bits per heavy atom. The van der Waals surface area contributed by atoms with Crippen LogP contribution in [0.4, 0.5) is 19.1 Å². The van der Waals surface area contributed by atoms with Crippen LogP contribution in [-0.4, -0.2) is 60.7 Å². The Morgan fingerprint density at radius 1 is 1.40 bits per heavy atom. The number of nitrogens with zero attached hydrogens (tertiary/aromatic N) is 3. The summed E-state index contributed by atoms with van der Waals surface area (Å²) in [6.45, 7) is -1.91. The van der Waals surface area contributed by atoms with Crippen molar-refractivity contribution in [2.75, 3.05) is 12.3 Å². The highest BCUT2D eigenvalue weighted by Crippen LogP contribution is 2.32. The maximum atomic E-state index is 13.9. The Bertz CT molecular complexity index is 909. The van der Waals surface area contributed by atoms with Gasteiger partial charge in [-0.05, 0) is 0 Å². The number of nitrogens with one attached hydrogen (secondary N) is 1. The van der Waals surface area contributed by atoms with Crippen LogP contribution in [0.2, 0.25) is 0 Å². The van der Waals surface area contributed by atoms with E-state index in [0.717, 1.165) is 0 Å². The summed E-state index contributed by atoms with van der Waals surface area (Å²) in [5, 5.41) is 19.0. The predicted octanol–water partition coefficient (Wildman–Crippen LogP) is -1.68. The van der Waals surface area contributed by atoms with Gasteiger partial charge in [0.15, 0.2) is 23.6 Å². The Hall–Kier alpha value is -2.38. The number of ether oxygens (including phenoxy) is 1. The number of nitrogens with two attached hydrogens (primary N) is 1. The smallest absolute Gasteiger partial charge is 0.332 e. The molecule has 10 nitrogen and oxygen atoms in total. The van der Waals surface area contributed by atoms with Crippen LogP contribution < -0.4 is 17.0 Å². The first-order valence-electron chi connectivity index (χ1n) is 7.13. The molecule has 1 aliphatic heterocycles. The number of nitrogen functional groups attached to an aromatic ring is 1. The van der Waals surface area contributed by atoms with E-state index >= 15 is 0 Å². The van der Waals surface area contributed by atoms with E-state index in [1.54, 1.807) is 0 Å². The van der Waals surface area contributed by atoms with Gasteiger partial charge in [-0.2, -0.15) is 4.98 Å². The van der Waals surface area contributed by atoms with Crippen molar-refractivity contribution < 1.29 is 28.1 Å². The van der Waals surface area contributed by atoms with Crippen molar-refractivity contribution in [3.05, 3.63) is 20.8 Å². The van der Waals surface area contributed by atoms with E-state index in [4.69, 9.17) is 15.6 Å². The number of aliphatic hydroxyl groups excluding tert-OH is 2. The minimum absolute atomic E-state index is 0.413. The second-order valence-electron chi connectivity index (χ2n) is 5.46. The van der Waals surface area contributed by atoms with Gasteiger partial charge in [-0.3, -0.25) is 14.3 Å². The molecule has 3 heterocycles. The molecular formula is C12H14F3N5O5. The number of aromatic amines is 1. The van der Waals surface area contributed by atoms with Gasteiger partial charge in [0.25, 0.3) is 12.0 Å².